The summed E-state index contributed by atoms with van der Waals surface area (Å²) in [6, 6.07) is 6.00. The first-order valence-corrected chi connectivity index (χ1v) is 7.21. The minimum atomic E-state index is 0.212. The SMILES string of the molecule is COc1csc(C(Br)c2ccc(Cl)s2)c1. The molecule has 2 aromatic heterocycles. The van der Waals surface area contributed by atoms with Crippen molar-refractivity contribution in [2.24, 2.45) is 0 Å². The number of alkyl halides is 1. The summed E-state index contributed by atoms with van der Waals surface area (Å²) >= 11 is 12.8. The monoisotopic (exact) mass is 322 g/mol. The van der Waals surface area contributed by atoms with Gasteiger partial charge in [0.15, 0.2) is 0 Å². The minimum absolute atomic E-state index is 0.212. The normalized spacial score (nSPS) is 12.7. The van der Waals surface area contributed by atoms with Gasteiger partial charge in [0.25, 0.3) is 0 Å². The van der Waals surface area contributed by atoms with Crippen LogP contribution >= 0.6 is 50.2 Å². The number of methoxy groups -OCH3 is 1. The molecule has 5 heteroatoms. The Balaban J connectivity index is 2.23. The Morgan fingerprint density at radius 1 is 1.40 bits per heavy atom. The van der Waals surface area contributed by atoms with Crippen molar-refractivity contribution in [2.45, 2.75) is 4.83 Å². The van der Waals surface area contributed by atoms with Crippen LogP contribution in [0.25, 0.3) is 0 Å². The Bertz CT molecular complexity index is 452. The van der Waals surface area contributed by atoms with Crippen molar-refractivity contribution in [2.75, 3.05) is 7.11 Å². The molecule has 0 aliphatic heterocycles. The van der Waals surface area contributed by atoms with Crippen molar-refractivity contribution in [1.29, 1.82) is 0 Å². The second-order valence-electron chi connectivity index (χ2n) is 2.89. The average Bonchev–Trinajstić information content (AvgIpc) is 2.84. The van der Waals surface area contributed by atoms with Crippen LogP contribution in [0.4, 0.5) is 0 Å². The Hall–Kier alpha value is -0.0300. The van der Waals surface area contributed by atoms with Crippen molar-refractivity contribution in [3.05, 3.63) is 37.7 Å². The molecule has 0 saturated carbocycles. The molecule has 0 fully saturated rings. The molecule has 2 aromatic rings. The van der Waals surface area contributed by atoms with Crippen molar-refractivity contribution in [1.82, 2.24) is 0 Å². The third-order valence-electron chi connectivity index (χ3n) is 1.92. The molecule has 0 aromatic carbocycles. The van der Waals surface area contributed by atoms with Crippen molar-refractivity contribution in [3.8, 4) is 5.75 Å². The van der Waals surface area contributed by atoms with E-state index in [4.69, 9.17) is 16.3 Å². The Kier molecular flexibility index (Phi) is 3.72. The molecular weight excluding hydrogens is 316 g/mol. The molecule has 15 heavy (non-hydrogen) atoms. The lowest BCUT2D eigenvalue weighted by Crippen LogP contribution is -1.84. The second kappa shape index (κ2) is 4.87. The maximum Gasteiger partial charge on any atom is 0.129 e. The Morgan fingerprint density at radius 2 is 2.20 bits per heavy atom. The number of hydrogen-bond acceptors (Lipinski definition) is 3. The average molecular weight is 324 g/mol. The van der Waals surface area contributed by atoms with Crippen LogP contribution in [0.1, 0.15) is 14.6 Å². The quantitative estimate of drug-likeness (QED) is 0.726. The van der Waals surface area contributed by atoms with Gasteiger partial charge in [-0.3, -0.25) is 0 Å². The van der Waals surface area contributed by atoms with E-state index in [0.29, 0.717) is 0 Å². The van der Waals surface area contributed by atoms with Crippen molar-refractivity contribution >= 4 is 50.2 Å². The van der Waals surface area contributed by atoms with Crippen LogP contribution in [0.2, 0.25) is 4.34 Å². The first-order chi connectivity index (χ1) is 7.20. The molecule has 80 valence electrons. The molecule has 0 aliphatic carbocycles. The number of thiophene rings is 2. The van der Waals surface area contributed by atoms with Gasteiger partial charge in [-0.1, -0.05) is 27.5 Å². The van der Waals surface area contributed by atoms with Crippen LogP contribution in [-0.2, 0) is 0 Å². The van der Waals surface area contributed by atoms with Crippen molar-refractivity contribution in [3.63, 3.8) is 0 Å². The number of halogens is 2. The van der Waals surface area contributed by atoms with E-state index in [0.717, 1.165) is 10.1 Å². The Morgan fingerprint density at radius 3 is 2.73 bits per heavy atom. The van der Waals surface area contributed by atoms with Gasteiger partial charge in [0.1, 0.15) is 5.75 Å². The predicted molar refractivity (Wildman–Crippen MR) is 71.0 cm³/mol. The molecule has 0 N–H and O–H groups in total. The molecule has 0 bridgehead atoms. The number of ether oxygens (including phenoxy) is 1. The summed E-state index contributed by atoms with van der Waals surface area (Å²) in [6.45, 7) is 0. The number of hydrogen-bond donors (Lipinski definition) is 0. The van der Waals surface area contributed by atoms with Crippen molar-refractivity contribution < 1.29 is 4.74 Å². The van der Waals surface area contributed by atoms with Gasteiger partial charge in [-0.25, -0.2) is 0 Å². The number of rotatable bonds is 3. The van der Waals surface area contributed by atoms with E-state index in [-0.39, 0.29) is 4.83 Å². The summed E-state index contributed by atoms with van der Waals surface area (Å²) in [5, 5.41) is 2.00. The second-order valence-corrected chi connectivity index (χ2v) is 6.50. The third kappa shape index (κ3) is 2.56. The molecule has 0 amide bonds. The highest BCUT2D eigenvalue weighted by Gasteiger charge is 2.15. The molecule has 1 unspecified atom stereocenters. The van der Waals surface area contributed by atoms with Gasteiger partial charge in [0, 0.05) is 15.1 Å². The molecule has 0 spiro atoms. The topological polar surface area (TPSA) is 9.23 Å². The predicted octanol–water partition coefficient (Wildman–Crippen LogP) is 4.96. The van der Waals surface area contributed by atoms with Crippen LogP contribution in [0.3, 0.4) is 0 Å². The zero-order valence-corrected chi connectivity index (χ0v) is 11.8. The maximum atomic E-state index is 5.90. The van der Waals surface area contributed by atoms with E-state index in [1.165, 1.54) is 9.75 Å². The zero-order chi connectivity index (χ0) is 10.8. The third-order valence-corrected chi connectivity index (χ3v) is 5.79. The van der Waals surface area contributed by atoms with Crippen LogP contribution in [0.5, 0.6) is 5.75 Å². The molecule has 0 saturated heterocycles. The largest absolute Gasteiger partial charge is 0.496 e. The summed E-state index contributed by atoms with van der Waals surface area (Å²) in [5.74, 6) is 0.905. The Labute approximate surface area is 110 Å². The lowest BCUT2D eigenvalue weighted by molar-refractivity contribution is 0.416. The fourth-order valence-corrected chi connectivity index (χ4v) is 4.05. The summed E-state index contributed by atoms with van der Waals surface area (Å²) < 4.78 is 5.97. The lowest BCUT2D eigenvalue weighted by atomic mass is 10.3. The smallest absolute Gasteiger partial charge is 0.129 e. The highest BCUT2D eigenvalue weighted by molar-refractivity contribution is 9.09. The van der Waals surface area contributed by atoms with E-state index >= 15 is 0 Å². The molecule has 1 nitrogen and oxygen atoms in total. The van der Waals surface area contributed by atoms with Gasteiger partial charge in [-0.05, 0) is 18.2 Å². The van der Waals surface area contributed by atoms with Gasteiger partial charge in [0.2, 0.25) is 0 Å². The fraction of sp³-hybridized carbons (Fsp3) is 0.200. The van der Waals surface area contributed by atoms with Crippen LogP contribution in [0, 0.1) is 0 Å². The molecule has 2 rings (SSSR count). The summed E-state index contributed by atoms with van der Waals surface area (Å²) in [6.07, 6.45) is 0. The van der Waals surface area contributed by atoms with Crippen LogP contribution in [0.15, 0.2) is 23.6 Å². The van der Waals surface area contributed by atoms with Gasteiger partial charge in [0.05, 0.1) is 16.3 Å². The van der Waals surface area contributed by atoms with Gasteiger partial charge >= 0.3 is 0 Å². The van der Waals surface area contributed by atoms with Gasteiger partial charge in [-0.2, -0.15) is 0 Å². The molecular formula is C10H8BrClOS2. The van der Waals surface area contributed by atoms with Crippen LogP contribution in [-0.4, -0.2) is 7.11 Å². The molecule has 0 aliphatic rings. The van der Waals surface area contributed by atoms with E-state index in [9.17, 15) is 0 Å². The first kappa shape index (κ1) is 11.5. The summed E-state index contributed by atoms with van der Waals surface area (Å²) in [5.41, 5.74) is 0. The summed E-state index contributed by atoms with van der Waals surface area (Å²) in [4.78, 5) is 2.65. The highest BCUT2D eigenvalue weighted by atomic mass is 79.9. The van der Waals surface area contributed by atoms with E-state index < -0.39 is 0 Å². The summed E-state index contributed by atoms with van der Waals surface area (Å²) in [7, 11) is 1.68. The van der Waals surface area contributed by atoms with Crippen LogP contribution < -0.4 is 4.74 Å². The van der Waals surface area contributed by atoms with Gasteiger partial charge in [-0.15, -0.1) is 22.7 Å². The fourth-order valence-electron chi connectivity index (χ4n) is 1.18. The lowest BCUT2D eigenvalue weighted by Gasteiger charge is -2.03. The zero-order valence-electron chi connectivity index (χ0n) is 7.87. The first-order valence-electron chi connectivity index (χ1n) is 4.22. The van der Waals surface area contributed by atoms with E-state index in [2.05, 4.69) is 15.9 Å². The van der Waals surface area contributed by atoms with E-state index in [1.54, 1.807) is 29.8 Å². The maximum absolute atomic E-state index is 5.90. The minimum Gasteiger partial charge on any atom is -0.496 e. The molecule has 0 radical (unpaired) electrons. The van der Waals surface area contributed by atoms with Gasteiger partial charge < -0.3 is 4.74 Å². The standard InChI is InChI=1S/C10H8BrClOS2/c1-13-6-4-8(14-5-6)10(11)7-2-3-9(12)15-7/h2-5,10H,1H3. The highest BCUT2D eigenvalue weighted by Crippen LogP contribution is 2.40. The molecule has 1 atom stereocenters. The molecule has 2 heterocycles. The van der Waals surface area contributed by atoms with E-state index in [1.807, 2.05) is 23.6 Å².